The molecule has 2 aliphatic heterocycles. The fourth-order valence-corrected chi connectivity index (χ4v) is 6.26. The van der Waals surface area contributed by atoms with Gasteiger partial charge in [-0.25, -0.2) is 4.98 Å². The lowest BCUT2D eigenvalue weighted by molar-refractivity contribution is 0.407. The molecule has 0 aliphatic carbocycles. The van der Waals surface area contributed by atoms with Gasteiger partial charge in [-0.05, 0) is 58.0 Å². The minimum Gasteiger partial charge on any atom is -0.368 e. The molecule has 2 aromatic heterocycles. The number of aromatic nitrogens is 2. The summed E-state index contributed by atoms with van der Waals surface area (Å²) in [6, 6.07) is 19.1. The summed E-state index contributed by atoms with van der Waals surface area (Å²) in [4.78, 5) is 9.84. The summed E-state index contributed by atoms with van der Waals surface area (Å²) in [6.07, 6.45) is 0. The van der Waals surface area contributed by atoms with Crippen molar-refractivity contribution in [1.82, 2.24) is 20.0 Å². The van der Waals surface area contributed by atoms with Crippen LogP contribution in [0, 0.1) is 11.3 Å². The van der Waals surface area contributed by atoms with Crippen LogP contribution in [0.3, 0.4) is 0 Å². The Hall–Kier alpha value is -3.34. The maximum absolute atomic E-state index is 10.4. The Kier molecular flexibility index (Phi) is 5.32. The quantitative estimate of drug-likeness (QED) is 0.466. The zero-order valence-electron chi connectivity index (χ0n) is 20.9. The molecule has 0 bridgehead atoms. The highest BCUT2D eigenvalue weighted by Crippen LogP contribution is 2.38. The molecule has 7 nitrogen and oxygen atoms in total. The maximum Gasteiger partial charge on any atom is 0.158 e. The molecule has 0 radical (unpaired) electrons. The molecule has 0 saturated carbocycles. The number of rotatable bonds is 2. The molecule has 7 heteroatoms. The zero-order chi connectivity index (χ0) is 24.3. The smallest absolute Gasteiger partial charge is 0.158 e. The van der Waals surface area contributed by atoms with Gasteiger partial charge in [0.1, 0.15) is 11.6 Å². The number of fused-ring (bicyclic) bond motifs is 5. The predicted molar refractivity (Wildman–Crippen MR) is 143 cm³/mol. The molecule has 6 rings (SSSR count). The van der Waals surface area contributed by atoms with Crippen molar-refractivity contribution in [2.24, 2.45) is 0 Å². The lowest BCUT2D eigenvalue weighted by atomic mass is 10.0. The van der Waals surface area contributed by atoms with Gasteiger partial charge >= 0.3 is 0 Å². The van der Waals surface area contributed by atoms with Crippen molar-refractivity contribution in [2.45, 2.75) is 51.9 Å². The fraction of sp³-hybridized carbons (Fsp3) is 0.429. The molecule has 2 aromatic carbocycles. The number of nitrogens with one attached hydrogen (secondary N) is 2. The second kappa shape index (κ2) is 8.40. The Bertz CT molecular complexity index is 1450. The molecule has 2 fully saturated rings. The third kappa shape index (κ3) is 3.69. The Morgan fingerprint density at radius 1 is 0.829 bits per heavy atom. The molecule has 180 valence electrons. The third-order valence-corrected chi connectivity index (χ3v) is 7.41. The standard InChI is InChI=1S/C28H33N7/c1-17-13-33(14-18(2)30-17)21-9-10-22-26(11-21)35-25-8-6-5-7-24(25)32-28(35)23(12-29)27(22)34-15-19(3)31-20(4)16-34/h5-11,17-20,30-31H,13-16H2,1-4H3. The molecule has 4 heterocycles. The van der Waals surface area contributed by atoms with Crippen LogP contribution in [0.2, 0.25) is 0 Å². The van der Waals surface area contributed by atoms with Crippen LogP contribution in [0.25, 0.3) is 27.6 Å². The van der Waals surface area contributed by atoms with Crippen molar-refractivity contribution < 1.29 is 0 Å². The minimum absolute atomic E-state index is 0.346. The van der Waals surface area contributed by atoms with E-state index in [2.05, 4.69) is 82.9 Å². The van der Waals surface area contributed by atoms with Crippen LogP contribution in [-0.2, 0) is 0 Å². The van der Waals surface area contributed by atoms with Crippen LogP contribution in [0.4, 0.5) is 11.4 Å². The number of imidazole rings is 1. The van der Waals surface area contributed by atoms with Gasteiger partial charge in [-0.15, -0.1) is 0 Å². The molecule has 4 atom stereocenters. The molecule has 4 aromatic rings. The highest BCUT2D eigenvalue weighted by Gasteiger charge is 2.28. The van der Waals surface area contributed by atoms with Crippen molar-refractivity contribution in [3.8, 4) is 6.07 Å². The summed E-state index contributed by atoms with van der Waals surface area (Å²) >= 11 is 0. The molecule has 2 saturated heterocycles. The fourth-order valence-electron chi connectivity index (χ4n) is 6.26. The topological polar surface area (TPSA) is 71.6 Å². The van der Waals surface area contributed by atoms with Gasteiger partial charge < -0.3 is 20.4 Å². The van der Waals surface area contributed by atoms with Gasteiger partial charge in [0.25, 0.3) is 0 Å². The van der Waals surface area contributed by atoms with E-state index in [9.17, 15) is 5.26 Å². The molecule has 4 unspecified atom stereocenters. The number of hydrogen-bond acceptors (Lipinski definition) is 6. The van der Waals surface area contributed by atoms with E-state index in [0.717, 1.165) is 59.4 Å². The largest absolute Gasteiger partial charge is 0.368 e. The van der Waals surface area contributed by atoms with Crippen molar-refractivity contribution >= 4 is 39.0 Å². The number of nitriles is 1. The molecule has 2 aliphatic rings. The molecule has 0 amide bonds. The van der Waals surface area contributed by atoms with E-state index in [1.54, 1.807) is 0 Å². The third-order valence-electron chi connectivity index (χ3n) is 7.41. The van der Waals surface area contributed by atoms with Crippen molar-refractivity contribution in [3.63, 3.8) is 0 Å². The summed E-state index contributed by atoms with van der Waals surface area (Å²) in [5.74, 6) is 0. The van der Waals surface area contributed by atoms with Gasteiger partial charge in [0, 0.05) is 61.4 Å². The monoisotopic (exact) mass is 467 g/mol. The molecule has 0 spiro atoms. The Morgan fingerprint density at radius 3 is 2.11 bits per heavy atom. The Morgan fingerprint density at radius 2 is 1.46 bits per heavy atom. The normalized spacial score (nSPS) is 25.5. The SMILES string of the molecule is CC1CN(c2ccc3c(N4CC(C)NC(C)C4)c(C#N)c4nc5ccccc5n4c3c2)CC(C)N1. The maximum atomic E-state index is 10.4. The average Bonchev–Trinajstić information content (AvgIpc) is 3.21. The number of nitrogens with zero attached hydrogens (tertiary/aromatic N) is 5. The van der Waals surface area contributed by atoms with E-state index in [4.69, 9.17) is 4.98 Å². The van der Waals surface area contributed by atoms with Crippen molar-refractivity contribution in [3.05, 3.63) is 48.0 Å². The van der Waals surface area contributed by atoms with E-state index in [0.29, 0.717) is 29.7 Å². The van der Waals surface area contributed by atoms with Crippen LogP contribution >= 0.6 is 0 Å². The average molecular weight is 468 g/mol. The number of anilines is 2. The van der Waals surface area contributed by atoms with Crippen LogP contribution in [-0.4, -0.2) is 59.7 Å². The molecule has 2 N–H and O–H groups in total. The van der Waals surface area contributed by atoms with Gasteiger partial charge in [-0.1, -0.05) is 12.1 Å². The van der Waals surface area contributed by atoms with Crippen LogP contribution < -0.4 is 20.4 Å². The highest BCUT2D eigenvalue weighted by atomic mass is 15.2. The van der Waals surface area contributed by atoms with Gasteiger partial charge in [0.05, 0.1) is 22.2 Å². The van der Waals surface area contributed by atoms with Gasteiger partial charge in [-0.2, -0.15) is 5.26 Å². The van der Waals surface area contributed by atoms with Gasteiger partial charge in [0.2, 0.25) is 0 Å². The predicted octanol–water partition coefficient (Wildman–Crippen LogP) is 3.89. The Balaban J connectivity index is 1.65. The summed E-state index contributed by atoms with van der Waals surface area (Å²) in [7, 11) is 0. The first-order chi connectivity index (χ1) is 16.9. The van der Waals surface area contributed by atoms with Crippen molar-refractivity contribution in [2.75, 3.05) is 36.0 Å². The van der Waals surface area contributed by atoms with E-state index in [-0.39, 0.29) is 0 Å². The molecule has 35 heavy (non-hydrogen) atoms. The summed E-state index contributed by atoms with van der Waals surface area (Å²) in [5.41, 5.74) is 6.70. The number of hydrogen-bond donors (Lipinski definition) is 2. The van der Waals surface area contributed by atoms with E-state index in [1.165, 1.54) is 5.69 Å². The summed E-state index contributed by atoms with van der Waals surface area (Å²) in [5, 5.41) is 18.8. The van der Waals surface area contributed by atoms with E-state index < -0.39 is 0 Å². The number of piperazine rings is 2. The summed E-state index contributed by atoms with van der Waals surface area (Å²) < 4.78 is 2.19. The van der Waals surface area contributed by atoms with Crippen molar-refractivity contribution in [1.29, 1.82) is 5.26 Å². The molecular formula is C28H33N7. The van der Waals surface area contributed by atoms with Crippen LogP contribution in [0.5, 0.6) is 0 Å². The zero-order valence-corrected chi connectivity index (χ0v) is 20.9. The minimum atomic E-state index is 0.346. The first-order valence-electron chi connectivity index (χ1n) is 12.7. The number of para-hydroxylation sites is 2. The van der Waals surface area contributed by atoms with Gasteiger partial charge in [-0.3, -0.25) is 4.40 Å². The second-order valence-corrected chi connectivity index (χ2v) is 10.5. The van der Waals surface area contributed by atoms with Gasteiger partial charge in [0.15, 0.2) is 5.65 Å². The van der Waals surface area contributed by atoms with Crippen LogP contribution in [0.15, 0.2) is 42.5 Å². The Labute approximate surface area is 206 Å². The van der Waals surface area contributed by atoms with E-state index in [1.807, 2.05) is 18.2 Å². The summed E-state index contributed by atoms with van der Waals surface area (Å²) in [6.45, 7) is 12.6. The first-order valence-corrected chi connectivity index (χ1v) is 12.7. The second-order valence-electron chi connectivity index (χ2n) is 10.5. The number of pyridine rings is 1. The molecular weight excluding hydrogens is 434 g/mol. The van der Waals surface area contributed by atoms with E-state index >= 15 is 0 Å². The first kappa shape index (κ1) is 22.1. The lowest BCUT2D eigenvalue weighted by Gasteiger charge is -2.39. The lowest BCUT2D eigenvalue weighted by Crippen LogP contribution is -2.54. The highest BCUT2D eigenvalue weighted by molar-refractivity contribution is 6.03. The number of benzene rings is 2. The van der Waals surface area contributed by atoms with Crippen LogP contribution in [0.1, 0.15) is 33.3 Å².